The molecule has 0 aliphatic rings. The average Bonchev–Trinajstić information content (AvgIpc) is 3.19. The van der Waals surface area contributed by atoms with Crippen molar-refractivity contribution in [3.8, 4) is 11.3 Å². The van der Waals surface area contributed by atoms with Crippen LogP contribution in [0.3, 0.4) is 0 Å². The molecule has 3 rings (SSSR count). The van der Waals surface area contributed by atoms with Gasteiger partial charge in [0, 0.05) is 30.4 Å². The number of amides is 1. The van der Waals surface area contributed by atoms with Gasteiger partial charge < -0.3 is 5.11 Å². The summed E-state index contributed by atoms with van der Waals surface area (Å²) in [6.07, 6.45) is 3.30. The molecule has 24 heavy (non-hydrogen) atoms. The van der Waals surface area contributed by atoms with Gasteiger partial charge in [0.2, 0.25) is 0 Å². The number of hydrogen-bond acceptors (Lipinski definition) is 6. The van der Waals surface area contributed by atoms with E-state index in [0.29, 0.717) is 5.13 Å². The third-order valence-corrected chi connectivity index (χ3v) is 3.94. The lowest BCUT2D eigenvalue weighted by molar-refractivity contribution is -0.137. The predicted molar refractivity (Wildman–Crippen MR) is 86.9 cm³/mol. The SMILES string of the molecule is Cc1nn(C)cc1-c1csc(NC(=O)c2ccn(CC(=O)O)n2)n1. The molecule has 9 nitrogen and oxygen atoms in total. The second-order valence-electron chi connectivity index (χ2n) is 5.09. The van der Waals surface area contributed by atoms with E-state index in [2.05, 4.69) is 20.5 Å². The molecule has 0 saturated heterocycles. The highest BCUT2D eigenvalue weighted by molar-refractivity contribution is 7.14. The zero-order valence-corrected chi connectivity index (χ0v) is 13.7. The van der Waals surface area contributed by atoms with Crippen LogP contribution in [0, 0.1) is 6.92 Å². The fourth-order valence-electron chi connectivity index (χ4n) is 2.18. The summed E-state index contributed by atoms with van der Waals surface area (Å²) in [6, 6.07) is 1.46. The van der Waals surface area contributed by atoms with Crippen LogP contribution in [0.2, 0.25) is 0 Å². The second-order valence-corrected chi connectivity index (χ2v) is 5.94. The molecule has 1 amide bonds. The van der Waals surface area contributed by atoms with Crippen molar-refractivity contribution in [1.29, 1.82) is 0 Å². The van der Waals surface area contributed by atoms with E-state index in [1.807, 2.05) is 25.5 Å². The molecule has 3 heterocycles. The first-order chi connectivity index (χ1) is 11.4. The molecule has 124 valence electrons. The number of anilines is 1. The third-order valence-electron chi connectivity index (χ3n) is 3.18. The Morgan fingerprint density at radius 2 is 2.17 bits per heavy atom. The van der Waals surface area contributed by atoms with Crippen LogP contribution in [0.4, 0.5) is 5.13 Å². The summed E-state index contributed by atoms with van der Waals surface area (Å²) in [5.41, 5.74) is 2.62. The largest absolute Gasteiger partial charge is 0.480 e. The molecule has 0 atom stereocenters. The van der Waals surface area contributed by atoms with E-state index in [1.54, 1.807) is 4.68 Å². The van der Waals surface area contributed by atoms with Crippen molar-refractivity contribution < 1.29 is 14.7 Å². The number of aliphatic carboxylic acids is 1. The van der Waals surface area contributed by atoms with Gasteiger partial charge in [-0.2, -0.15) is 10.2 Å². The van der Waals surface area contributed by atoms with Crippen molar-refractivity contribution in [3.05, 3.63) is 35.2 Å². The number of aryl methyl sites for hydroxylation is 2. The Balaban J connectivity index is 1.72. The summed E-state index contributed by atoms with van der Waals surface area (Å²) in [7, 11) is 1.83. The van der Waals surface area contributed by atoms with Gasteiger partial charge in [0.1, 0.15) is 6.54 Å². The van der Waals surface area contributed by atoms with Gasteiger partial charge in [-0.25, -0.2) is 4.98 Å². The molecule has 0 aliphatic heterocycles. The first-order valence-electron chi connectivity index (χ1n) is 6.95. The van der Waals surface area contributed by atoms with Crippen molar-refractivity contribution in [1.82, 2.24) is 24.5 Å². The van der Waals surface area contributed by atoms with Gasteiger partial charge in [-0.3, -0.25) is 24.3 Å². The van der Waals surface area contributed by atoms with E-state index in [0.717, 1.165) is 17.0 Å². The lowest BCUT2D eigenvalue weighted by atomic mass is 10.2. The van der Waals surface area contributed by atoms with Crippen molar-refractivity contribution in [2.45, 2.75) is 13.5 Å². The van der Waals surface area contributed by atoms with E-state index >= 15 is 0 Å². The number of nitrogens with zero attached hydrogens (tertiary/aromatic N) is 5. The van der Waals surface area contributed by atoms with Gasteiger partial charge in [-0.1, -0.05) is 0 Å². The average molecular weight is 346 g/mol. The quantitative estimate of drug-likeness (QED) is 0.721. The predicted octanol–water partition coefficient (Wildman–Crippen LogP) is 1.39. The Kier molecular flexibility index (Phi) is 4.13. The minimum absolute atomic E-state index is 0.130. The molecule has 0 saturated carbocycles. The minimum Gasteiger partial charge on any atom is -0.480 e. The van der Waals surface area contributed by atoms with E-state index in [9.17, 15) is 9.59 Å². The molecule has 0 aromatic carbocycles. The Morgan fingerprint density at radius 3 is 2.83 bits per heavy atom. The maximum atomic E-state index is 12.1. The maximum absolute atomic E-state index is 12.1. The first kappa shape index (κ1) is 15.9. The van der Waals surface area contributed by atoms with Crippen molar-refractivity contribution in [3.63, 3.8) is 0 Å². The Hall–Kier alpha value is -3.01. The highest BCUT2D eigenvalue weighted by atomic mass is 32.1. The summed E-state index contributed by atoms with van der Waals surface area (Å²) in [6.45, 7) is 1.59. The number of carboxylic acid groups (broad SMARTS) is 1. The third kappa shape index (κ3) is 3.33. The number of carboxylic acids is 1. The van der Waals surface area contributed by atoms with Gasteiger partial charge in [0.15, 0.2) is 10.8 Å². The van der Waals surface area contributed by atoms with Crippen LogP contribution in [0.15, 0.2) is 23.8 Å². The number of carbonyl (C=O) groups is 2. The first-order valence-corrected chi connectivity index (χ1v) is 7.83. The topological polar surface area (TPSA) is 115 Å². The summed E-state index contributed by atoms with van der Waals surface area (Å²) >= 11 is 1.29. The number of thiazole rings is 1. The summed E-state index contributed by atoms with van der Waals surface area (Å²) < 4.78 is 2.89. The molecular formula is C14H14N6O3S. The molecule has 0 spiro atoms. The van der Waals surface area contributed by atoms with Gasteiger partial charge in [0.25, 0.3) is 5.91 Å². The smallest absolute Gasteiger partial charge is 0.325 e. The van der Waals surface area contributed by atoms with Gasteiger partial charge in [0.05, 0.1) is 11.4 Å². The number of hydrogen-bond donors (Lipinski definition) is 2. The fourth-order valence-corrected chi connectivity index (χ4v) is 2.88. The highest BCUT2D eigenvalue weighted by Crippen LogP contribution is 2.26. The van der Waals surface area contributed by atoms with Crippen LogP contribution in [0.25, 0.3) is 11.3 Å². The molecule has 0 radical (unpaired) electrons. The van der Waals surface area contributed by atoms with Crippen LogP contribution in [-0.2, 0) is 18.4 Å². The normalized spacial score (nSPS) is 10.8. The molecule has 3 aromatic rings. The van der Waals surface area contributed by atoms with Crippen LogP contribution in [0.5, 0.6) is 0 Å². The van der Waals surface area contributed by atoms with Gasteiger partial charge in [-0.15, -0.1) is 11.3 Å². The van der Waals surface area contributed by atoms with Crippen molar-refractivity contribution in [2.24, 2.45) is 7.05 Å². The second kappa shape index (κ2) is 6.24. The number of rotatable bonds is 5. The molecule has 2 N–H and O–H groups in total. The Bertz CT molecular complexity index is 909. The zero-order chi connectivity index (χ0) is 17.3. The Labute approximate surface area is 140 Å². The fraction of sp³-hybridized carbons (Fsp3) is 0.214. The lowest BCUT2D eigenvalue weighted by Gasteiger charge is -1.98. The maximum Gasteiger partial charge on any atom is 0.325 e. The monoisotopic (exact) mass is 346 g/mol. The zero-order valence-electron chi connectivity index (χ0n) is 12.9. The van der Waals surface area contributed by atoms with E-state index in [1.165, 1.54) is 28.3 Å². The van der Waals surface area contributed by atoms with Crippen LogP contribution in [0.1, 0.15) is 16.2 Å². The molecule has 0 bridgehead atoms. The molecule has 10 heteroatoms. The number of nitrogens with one attached hydrogen (secondary N) is 1. The summed E-state index contributed by atoms with van der Waals surface area (Å²) in [4.78, 5) is 27.2. The standard InChI is InChI=1S/C14H14N6O3S/c1-8-9(5-19(2)17-8)11-7-24-14(15-11)16-13(23)10-3-4-20(18-10)6-12(21)22/h3-5,7H,6H2,1-2H3,(H,21,22)(H,15,16,23). The van der Waals surface area contributed by atoms with Crippen molar-refractivity contribution >= 4 is 28.3 Å². The highest BCUT2D eigenvalue weighted by Gasteiger charge is 2.15. The molecule has 0 unspecified atom stereocenters. The molecule has 0 aliphatic carbocycles. The van der Waals surface area contributed by atoms with Crippen LogP contribution in [-0.4, -0.2) is 41.5 Å². The number of aromatic nitrogens is 5. The van der Waals surface area contributed by atoms with E-state index in [-0.39, 0.29) is 12.2 Å². The lowest BCUT2D eigenvalue weighted by Crippen LogP contribution is -2.14. The minimum atomic E-state index is -1.03. The van der Waals surface area contributed by atoms with E-state index < -0.39 is 11.9 Å². The summed E-state index contributed by atoms with van der Waals surface area (Å²) in [5.74, 6) is -1.47. The molecular weight excluding hydrogens is 332 g/mol. The van der Waals surface area contributed by atoms with Gasteiger partial charge in [-0.05, 0) is 13.0 Å². The van der Waals surface area contributed by atoms with E-state index in [4.69, 9.17) is 5.11 Å². The molecule has 3 aromatic heterocycles. The molecule has 0 fully saturated rings. The van der Waals surface area contributed by atoms with Crippen LogP contribution < -0.4 is 5.32 Å². The number of carbonyl (C=O) groups excluding carboxylic acids is 1. The Morgan fingerprint density at radius 1 is 1.38 bits per heavy atom. The van der Waals surface area contributed by atoms with Crippen molar-refractivity contribution in [2.75, 3.05) is 5.32 Å². The van der Waals surface area contributed by atoms with Crippen LogP contribution >= 0.6 is 11.3 Å². The summed E-state index contributed by atoms with van der Waals surface area (Å²) in [5, 5.41) is 21.8. The van der Waals surface area contributed by atoms with Gasteiger partial charge >= 0.3 is 5.97 Å².